The summed E-state index contributed by atoms with van der Waals surface area (Å²) in [5, 5.41) is 0.966. The van der Waals surface area contributed by atoms with Gasteiger partial charge in [0.1, 0.15) is 17.8 Å². The smallest absolute Gasteiger partial charge is 0.310 e. The molecule has 0 unspecified atom stereocenters. The van der Waals surface area contributed by atoms with Gasteiger partial charge in [-0.2, -0.15) is 0 Å². The number of nitrogens with zero attached hydrogens (tertiary/aromatic N) is 2. The van der Waals surface area contributed by atoms with Crippen molar-refractivity contribution in [2.24, 2.45) is 0 Å². The van der Waals surface area contributed by atoms with E-state index in [2.05, 4.69) is 11.1 Å². The lowest BCUT2D eigenvalue weighted by Gasteiger charge is -2.03. The van der Waals surface area contributed by atoms with E-state index in [4.69, 9.17) is 9.15 Å². The van der Waals surface area contributed by atoms with Crippen LogP contribution in [-0.2, 0) is 22.6 Å². The number of hydrogen-bond donors (Lipinski definition) is 0. The molecule has 126 valence electrons. The van der Waals surface area contributed by atoms with Gasteiger partial charge in [-0.05, 0) is 49.2 Å². The summed E-state index contributed by atoms with van der Waals surface area (Å²) in [5.74, 6) is -0.294. The van der Waals surface area contributed by atoms with E-state index in [-0.39, 0.29) is 19.0 Å². The quantitative estimate of drug-likeness (QED) is 0.530. The number of imidazole rings is 1. The third kappa shape index (κ3) is 3.01. The van der Waals surface area contributed by atoms with Crippen molar-refractivity contribution in [3.63, 3.8) is 0 Å². The summed E-state index contributed by atoms with van der Waals surface area (Å²) >= 11 is 0. The summed E-state index contributed by atoms with van der Waals surface area (Å²) in [6, 6.07) is 9.81. The highest BCUT2D eigenvalue weighted by Gasteiger charge is 2.13. The number of ether oxygens (including phenoxy) is 1. The van der Waals surface area contributed by atoms with E-state index >= 15 is 0 Å². The third-order valence-corrected chi connectivity index (χ3v) is 4.40. The van der Waals surface area contributed by atoms with Crippen LogP contribution in [0.3, 0.4) is 0 Å². The number of carbonyl (C=O) groups excluding carboxylic acids is 1. The monoisotopic (exact) mass is 334 g/mol. The third-order valence-electron chi connectivity index (χ3n) is 4.40. The number of aryl methyl sites for hydroxylation is 2. The normalized spacial score (nSPS) is 11.3. The Kier molecular flexibility index (Phi) is 3.76. The maximum Gasteiger partial charge on any atom is 0.310 e. The molecule has 0 spiro atoms. The van der Waals surface area contributed by atoms with Gasteiger partial charge in [-0.15, -0.1) is 0 Å². The van der Waals surface area contributed by atoms with E-state index in [1.54, 1.807) is 6.26 Å². The fourth-order valence-electron chi connectivity index (χ4n) is 2.89. The fourth-order valence-corrected chi connectivity index (χ4v) is 2.89. The number of pyridine rings is 1. The molecule has 3 heterocycles. The Labute approximate surface area is 144 Å². The van der Waals surface area contributed by atoms with Gasteiger partial charge in [-0.1, -0.05) is 6.07 Å². The molecule has 0 saturated heterocycles. The molecule has 0 atom stereocenters. The second-order valence-electron chi connectivity index (χ2n) is 6.23. The molecule has 0 aliphatic carbocycles. The Hall–Kier alpha value is -3.08. The highest BCUT2D eigenvalue weighted by Crippen LogP contribution is 2.25. The van der Waals surface area contributed by atoms with Crippen molar-refractivity contribution in [3.05, 3.63) is 71.4 Å². The van der Waals surface area contributed by atoms with Crippen LogP contribution >= 0.6 is 0 Å². The first-order chi connectivity index (χ1) is 12.1. The van der Waals surface area contributed by atoms with Crippen molar-refractivity contribution in [2.45, 2.75) is 26.9 Å². The van der Waals surface area contributed by atoms with Crippen LogP contribution in [0.5, 0.6) is 0 Å². The number of hydrogen-bond acceptors (Lipinski definition) is 4. The molecule has 0 N–H and O–H groups in total. The van der Waals surface area contributed by atoms with Gasteiger partial charge >= 0.3 is 5.97 Å². The number of esters is 1. The summed E-state index contributed by atoms with van der Waals surface area (Å²) in [6.45, 7) is 4.25. The predicted octanol–water partition coefficient (Wildman–Crippen LogP) is 3.98. The van der Waals surface area contributed by atoms with Gasteiger partial charge in [-0.3, -0.25) is 4.79 Å². The highest BCUT2D eigenvalue weighted by molar-refractivity contribution is 5.86. The molecular weight excluding hydrogens is 316 g/mol. The van der Waals surface area contributed by atoms with E-state index in [0.717, 1.165) is 27.9 Å². The Bertz CT molecular complexity index is 1040. The van der Waals surface area contributed by atoms with E-state index in [0.29, 0.717) is 0 Å². The van der Waals surface area contributed by atoms with Gasteiger partial charge in [-0.25, -0.2) is 4.98 Å². The first-order valence-corrected chi connectivity index (χ1v) is 8.16. The SMILES string of the molecule is Cc1cc2occ(CC(=O)OCc3cn4ccccc4n3)c2cc1C. The highest BCUT2D eigenvalue weighted by atomic mass is 16.5. The number of aromatic nitrogens is 2. The van der Waals surface area contributed by atoms with Gasteiger partial charge in [0, 0.05) is 23.3 Å². The number of fused-ring (bicyclic) bond motifs is 2. The minimum atomic E-state index is -0.294. The Morgan fingerprint density at radius 1 is 1.24 bits per heavy atom. The molecule has 1 aromatic carbocycles. The van der Waals surface area contributed by atoms with Gasteiger partial charge in [0.15, 0.2) is 0 Å². The summed E-state index contributed by atoms with van der Waals surface area (Å²) in [4.78, 5) is 16.6. The van der Waals surface area contributed by atoms with Crippen molar-refractivity contribution in [1.82, 2.24) is 9.38 Å². The Balaban J connectivity index is 1.46. The van der Waals surface area contributed by atoms with Gasteiger partial charge in [0.2, 0.25) is 0 Å². The summed E-state index contributed by atoms with van der Waals surface area (Å²) in [6.07, 6.45) is 5.59. The van der Waals surface area contributed by atoms with E-state index in [9.17, 15) is 4.79 Å². The molecule has 0 bridgehead atoms. The topological polar surface area (TPSA) is 56.7 Å². The lowest BCUT2D eigenvalue weighted by atomic mass is 10.0. The van der Waals surface area contributed by atoms with Gasteiger partial charge in [0.25, 0.3) is 0 Å². The molecule has 0 saturated carbocycles. The van der Waals surface area contributed by atoms with Crippen LogP contribution in [0, 0.1) is 13.8 Å². The maximum absolute atomic E-state index is 12.2. The van der Waals surface area contributed by atoms with Gasteiger partial charge < -0.3 is 13.6 Å². The zero-order chi connectivity index (χ0) is 17.4. The maximum atomic E-state index is 12.2. The first kappa shape index (κ1) is 15.4. The second kappa shape index (κ2) is 6.09. The van der Waals surface area contributed by atoms with Gasteiger partial charge in [0.05, 0.1) is 18.4 Å². The van der Waals surface area contributed by atoms with Crippen LogP contribution in [0.2, 0.25) is 0 Å². The van der Waals surface area contributed by atoms with Crippen LogP contribution in [-0.4, -0.2) is 15.4 Å². The zero-order valence-electron chi connectivity index (χ0n) is 14.2. The standard InChI is InChI=1S/C20H18N2O3/c1-13-7-17-15(11-24-18(17)8-14(13)2)9-20(23)25-12-16-10-22-6-4-3-5-19(22)21-16/h3-8,10-11H,9,12H2,1-2H3. The van der Waals surface area contributed by atoms with E-state index < -0.39 is 0 Å². The Morgan fingerprint density at radius 2 is 2.08 bits per heavy atom. The molecule has 4 aromatic rings. The zero-order valence-corrected chi connectivity index (χ0v) is 14.2. The number of carbonyl (C=O) groups is 1. The van der Waals surface area contributed by atoms with Crippen molar-refractivity contribution in [1.29, 1.82) is 0 Å². The summed E-state index contributed by atoms with van der Waals surface area (Å²) < 4.78 is 12.8. The van der Waals surface area contributed by atoms with Crippen LogP contribution in [0.15, 0.2) is 53.4 Å². The minimum absolute atomic E-state index is 0.161. The average Bonchev–Trinajstić information content (AvgIpc) is 3.18. The average molecular weight is 334 g/mol. The minimum Gasteiger partial charge on any atom is -0.464 e. The molecule has 0 radical (unpaired) electrons. The molecule has 25 heavy (non-hydrogen) atoms. The van der Waals surface area contributed by atoms with Crippen LogP contribution in [0.1, 0.15) is 22.4 Å². The summed E-state index contributed by atoms with van der Waals surface area (Å²) in [5.41, 5.74) is 5.55. The molecule has 0 fully saturated rings. The number of furan rings is 1. The molecule has 5 nitrogen and oxygen atoms in total. The van der Waals surface area contributed by atoms with Crippen LogP contribution < -0.4 is 0 Å². The molecular formula is C20H18N2O3. The fraction of sp³-hybridized carbons (Fsp3) is 0.200. The summed E-state index contributed by atoms with van der Waals surface area (Å²) in [7, 11) is 0. The second-order valence-corrected chi connectivity index (χ2v) is 6.23. The van der Waals surface area contributed by atoms with Crippen molar-refractivity contribution < 1.29 is 13.9 Å². The van der Waals surface area contributed by atoms with Crippen LogP contribution in [0.25, 0.3) is 16.6 Å². The molecule has 0 amide bonds. The lowest BCUT2D eigenvalue weighted by Crippen LogP contribution is -2.07. The number of rotatable bonds is 4. The lowest BCUT2D eigenvalue weighted by molar-refractivity contribution is -0.144. The van der Waals surface area contributed by atoms with Crippen LogP contribution in [0.4, 0.5) is 0 Å². The molecule has 5 heteroatoms. The van der Waals surface area contributed by atoms with Crippen molar-refractivity contribution in [2.75, 3.05) is 0 Å². The molecule has 0 aliphatic heterocycles. The van der Waals surface area contributed by atoms with E-state index in [1.165, 1.54) is 11.1 Å². The molecule has 0 aliphatic rings. The van der Waals surface area contributed by atoms with E-state index in [1.807, 2.05) is 54.9 Å². The van der Waals surface area contributed by atoms with Crippen molar-refractivity contribution >= 4 is 22.6 Å². The Morgan fingerprint density at radius 3 is 2.92 bits per heavy atom. The van der Waals surface area contributed by atoms with Crippen molar-refractivity contribution in [3.8, 4) is 0 Å². The number of benzene rings is 1. The molecule has 3 aromatic heterocycles. The largest absolute Gasteiger partial charge is 0.464 e. The molecule has 4 rings (SSSR count). The predicted molar refractivity (Wildman–Crippen MR) is 94.4 cm³/mol. The first-order valence-electron chi connectivity index (χ1n) is 8.16.